The van der Waals surface area contributed by atoms with E-state index >= 15 is 0 Å². The van der Waals surface area contributed by atoms with Crippen molar-refractivity contribution in [3.8, 4) is 17.0 Å². The molecule has 3 aromatic carbocycles. The predicted octanol–water partition coefficient (Wildman–Crippen LogP) is 5.59. The van der Waals surface area contributed by atoms with Crippen molar-refractivity contribution in [3.05, 3.63) is 102 Å². The van der Waals surface area contributed by atoms with E-state index in [4.69, 9.17) is 4.74 Å². The number of anilines is 1. The zero-order chi connectivity index (χ0) is 20.1. The van der Waals surface area contributed by atoms with Crippen LogP contribution in [-0.4, -0.2) is 9.55 Å². The Hall–Kier alpha value is -3.53. The zero-order valence-corrected chi connectivity index (χ0v) is 16.8. The number of imidazole rings is 1. The molecule has 4 aromatic rings. The van der Waals surface area contributed by atoms with Gasteiger partial charge in [0.05, 0.1) is 11.9 Å². The fraction of sp³-hybridized carbons (Fsp3) is 0.160. The number of aromatic nitrogens is 2. The Morgan fingerprint density at radius 1 is 0.862 bits per heavy atom. The summed E-state index contributed by atoms with van der Waals surface area (Å²) in [7, 11) is 2.03. The monoisotopic (exact) mass is 383 g/mol. The van der Waals surface area contributed by atoms with Crippen LogP contribution in [-0.2, 0) is 20.2 Å². The minimum atomic E-state index is 0.577. The van der Waals surface area contributed by atoms with Gasteiger partial charge in [-0.1, -0.05) is 72.3 Å². The Balaban J connectivity index is 1.35. The van der Waals surface area contributed by atoms with Crippen LogP contribution in [0.5, 0.6) is 5.75 Å². The third-order valence-electron chi connectivity index (χ3n) is 4.96. The molecule has 29 heavy (non-hydrogen) atoms. The third kappa shape index (κ3) is 4.66. The van der Waals surface area contributed by atoms with Crippen LogP contribution in [0.2, 0.25) is 0 Å². The van der Waals surface area contributed by atoms with Crippen LogP contribution < -0.4 is 10.1 Å². The van der Waals surface area contributed by atoms with Gasteiger partial charge in [-0.15, -0.1) is 0 Å². The normalized spacial score (nSPS) is 10.7. The lowest BCUT2D eigenvalue weighted by molar-refractivity contribution is 0.306. The van der Waals surface area contributed by atoms with Crippen molar-refractivity contribution in [2.45, 2.75) is 20.1 Å². The molecular formula is C25H25N3O. The van der Waals surface area contributed by atoms with Crippen molar-refractivity contribution < 1.29 is 4.74 Å². The van der Waals surface area contributed by atoms with E-state index in [0.29, 0.717) is 13.2 Å². The van der Waals surface area contributed by atoms with E-state index in [-0.39, 0.29) is 0 Å². The van der Waals surface area contributed by atoms with E-state index in [1.807, 2.05) is 43.6 Å². The minimum absolute atomic E-state index is 0.577. The van der Waals surface area contributed by atoms with E-state index in [9.17, 15) is 0 Å². The van der Waals surface area contributed by atoms with Gasteiger partial charge in [-0.3, -0.25) is 0 Å². The fourth-order valence-electron chi connectivity index (χ4n) is 3.19. The average molecular weight is 383 g/mol. The molecule has 0 bridgehead atoms. The molecule has 0 saturated carbocycles. The molecule has 4 rings (SSSR count). The topological polar surface area (TPSA) is 39.1 Å². The Kier molecular flexibility index (Phi) is 5.61. The maximum atomic E-state index is 5.85. The van der Waals surface area contributed by atoms with Crippen LogP contribution in [0.3, 0.4) is 0 Å². The Labute approximate surface area is 171 Å². The average Bonchev–Trinajstić information content (AvgIpc) is 3.13. The van der Waals surface area contributed by atoms with E-state index < -0.39 is 0 Å². The summed E-state index contributed by atoms with van der Waals surface area (Å²) in [5, 5.41) is 3.42. The lowest BCUT2D eigenvalue weighted by Gasteiger charge is -2.10. The highest BCUT2D eigenvalue weighted by atomic mass is 16.5. The first-order chi connectivity index (χ1) is 14.2. The molecule has 0 spiro atoms. The second kappa shape index (κ2) is 8.65. The highest BCUT2D eigenvalue weighted by Gasteiger charge is 2.08. The summed E-state index contributed by atoms with van der Waals surface area (Å²) >= 11 is 0. The molecule has 0 saturated heterocycles. The molecule has 1 N–H and O–H groups in total. The van der Waals surface area contributed by atoms with E-state index in [1.54, 1.807) is 0 Å². The fourth-order valence-corrected chi connectivity index (χ4v) is 3.19. The highest BCUT2D eigenvalue weighted by Crippen LogP contribution is 2.23. The van der Waals surface area contributed by atoms with Gasteiger partial charge in [-0.2, -0.15) is 0 Å². The first-order valence-electron chi connectivity index (χ1n) is 9.77. The van der Waals surface area contributed by atoms with Crippen molar-refractivity contribution in [2.75, 3.05) is 5.32 Å². The molecule has 0 aliphatic carbocycles. The minimum Gasteiger partial charge on any atom is -0.489 e. The number of nitrogens with zero attached hydrogens (tertiary/aromatic N) is 2. The molecule has 4 nitrogen and oxygen atoms in total. The maximum Gasteiger partial charge on any atom is 0.203 e. The molecule has 0 unspecified atom stereocenters. The summed E-state index contributed by atoms with van der Waals surface area (Å²) in [6.07, 6.45) is 1.91. The summed E-state index contributed by atoms with van der Waals surface area (Å²) in [5.41, 5.74) is 5.86. The van der Waals surface area contributed by atoms with Gasteiger partial charge in [-0.25, -0.2) is 4.98 Å². The van der Waals surface area contributed by atoms with E-state index in [0.717, 1.165) is 23.0 Å². The molecule has 0 radical (unpaired) electrons. The Bertz CT molecular complexity index is 1050. The summed E-state index contributed by atoms with van der Waals surface area (Å²) < 4.78 is 7.94. The number of rotatable bonds is 7. The van der Waals surface area contributed by atoms with Gasteiger partial charge in [0.2, 0.25) is 5.95 Å². The van der Waals surface area contributed by atoms with Gasteiger partial charge >= 0.3 is 0 Å². The van der Waals surface area contributed by atoms with Gasteiger partial charge in [-0.05, 0) is 35.7 Å². The molecule has 1 heterocycles. The van der Waals surface area contributed by atoms with Gasteiger partial charge in [0, 0.05) is 13.6 Å². The number of benzene rings is 3. The van der Waals surface area contributed by atoms with Gasteiger partial charge in [0.15, 0.2) is 0 Å². The van der Waals surface area contributed by atoms with Gasteiger partial charge in [0.1, 0.15) is 12.4 Å². The summed E-state index contributed by atoms with van der Waals surface area (Å²) in [4.78, 5) is 4.54. The van der Waals surface area contributed by atoms with E-state index in [1.165, 1.54) is 16.7 Å². The molecule has 1 aromatic heterocycles. The quantitative estimate of drug-likeness (QED) is 0.452. The number of aryl methyl sites for hydroxylation is 1. The summed E-state index contributed by atoms with van der Waals surface area (Å²) in [6.45, 7) is 3.38. The predicted molar refractivity (Wildman–Crippen MR) is 118 cm³/mol. The molecule has 0 fully saturated rings. The van der Waals surface area contributed by atoms with Crippen LogP contribution in [0.25, 0.3) is 11.3 Å². The maximum absolute atomic E-state index is 5.85. The van der Waals surface area contributed by atoms with Crippen molar-refractivity contribution in [3.63, 3.8) is 0 Å². The zero-order valence-electron chi connectivity index (χ0n) is 16.8. The number of ether oxygens (including phenoxy) is 1. The van der Waals surface area contributed by atoms with Crippen molar-refractivity contribution in [1.29, 1.82) is 0 Å². The molecule has 0 amide bonds. The van der Waals surface area contributed by atoms with Crippen LogP contribution in [0.4, 0.5) is 5.95 Å². The first kappa shape index (κ1) is 18.8. The highest BCUT2D eigenvalue weighted by molar-refractivity contribution is 5.61. The smallest absolute Gasteiger partial charge is 0.203 e. The lowest BCUT2D eigenvalue weighted by Crippen LogP contribution is -2.05. The molecule has 0 aliphatic heterocycles. The largest absolute Gasteiger partial charge is 0.489 e. The van der Waals surface area contributed by atoms with Crippen LogP contribution in [0, 0.1) is 6.92 Å². The van der Waals surface area contributed by atoms with Crippen LogP contribution >= 0.6 is 0 Å². The third-order valence-corrected chi connectivity index (χ3v) is 4.96. The number of hydrogen-bond acceptors (Lipinski definition) is 3. The lowest BCUT2D eigenvalue weighted by atomic mass is 10.1. The molecular weight excluding hydrogens is 358 g/mol. The standard InChI is InChI=1S/C25H25N3O/c1-19-8-12-22(13-9-19)24-17-27-25(28(24)2)26-16-20-10-14-23(15-11-20)29-18-21-6-4-3-5-7-21/h3-15,17H,16,18H2,1-2H3,(H,26,27). The molecule has 0 atom stereocenters. The van der Waals surface area contributed by atoms with Crippen LogP contribution in [0.1, 0.15) is 16.7 Å². The van der Waals surface area contributed by atoms with Gasteiger partial charge in [0.25, 0.3) is 0 Å². The van der Waals surface area contributed by atoms with Crippen molar-refractivity contribution in [1.82, 2.24) is 9.55 Å². The van der Waals surface area contributed by atoms with Crippen molar-refractivity contribution >= 4 is 5.95 Å². The molecule has 0 aliphatic rings. The first-order valence-corrected chi connectivity index (χ1v) is 9.77. The van der Waals surface area contributed by atoms with Crippen molar-refractivity contribution in [2.24, 2.45) is 7.05 Å². The number of nitrogens with one attached hydrogen (secondary N) is 1. The summed E-state index contributed by atoms with van der Waals surface area (Å²) in [6, 6.07) is 26.9. The molecule has 4 heteroatoms. The Morgan fingerprint density at radius 2 is 1.59 bits per heavy atom. The Morgan fingerprint density at radius 3 is 2.31 bits per heavy atom. The second-order valence-electron chi connectivity index (χ2n) is 7.16. The van der Waals surface area contributed by atoms with Gasteiger partial charge < -0.3 is 14.6 Å². The SMILES string of the molecule is Cc1ccc(-c2cnc(NCc3ccc(OCc4ccccc4)cc3)n2C)cc1. The molecule has 146 valence electrons. The number of hydrogen-bond donors (Lipinski definition) is 1. The summed E-state index contributed by atoms with van der Waals surface area (Å²) in [5.74, 6) is 1.72. The second-order valence-corrected chi connectivity index (χ2v) is 7.16. The van der Waals surface area contributed by atoms with E-state index in [2.05, 4.69) is 70.3 Å². The van der Waals surface area contributed by atoms with Crippen LogP contribution in [0.15, 0.2) is 85.1 Å².